The summed E-state index contributed by atoms with van der Waals surface area (Å²) in [6.45, 7) is 3.10. The topological polar surface area (TPSA) is 60.7 Å². The minimum Gasteiger partial charge on any atom is -0.469 e. The second-order valence-electron chi connectivity index (χ2n) is 5.26. The van der Waals surface area contributed by atoms with E-state index in [-0.39, 0.29) is 11.9 Å². The van der Waals surface area contributed by atoms with Crippen molar-refractivity contribution >= 4 is 5.91 Å². The van der Waals surface area contributed by atoms with Gasteiger partial charge >= 0.3 is 0 Å². The zero-order valence-corrected chi connectivity index (χ0v) is 11.1. The van der Waals surface area contributed by atoms with Crippen molar-refractivity contribution in [2.24, 2.45) is 0 Å². The quantitative estimate of drug-likeness (QED) is 0.888. The molecule has 1 amide bonds. The molecule has 1 aliphatic carbocycles. The lowest BCUT2D eigenvalue weighted by Gasteiger charge is -2.36. The Balaban J connectivity index is 1.63. The highest BCUT2D eigenvalue weighted by atomic mass is 16.7. The standard InChI is InChI=1S/C14H19NO4/c1-10-12(4-6-17-10)13(16)15-11-3-2-5-14(9-11)18-7-8-19-14/h4,6,11H,2-3,5,7-9H2,1H3,(H,15,16). The number of amides is 1. The van der Waals surface area contributed by atoms with Gasteiger partial charge in [-0.3, -0.25) is 4.79 Å². The molecule has 0 aromatic carbocycles. The molecule has 104 valence electrons. The van der Waals surface area contributed by atoms with Crippen LogP contribution >= 0.6 is 0 Å². The lowest BCUT2D eigenvalue weighted by atomic mass is 9.89. The Morgan fingerprint density at radius 3 is 2.89 bits per heavy atom. The monoisotopic (exact) mass is 265 g/mol. The van der Waals surface area contributed by atoms with Gasteiger partial charge in [-0.1, -0.05) is 0 Å². The van der Waals surface area contributed by atoms with E-state index in [1.807, 2.05) is 0 Å². The Labute approximate surface area is 112 Å². The van der Waals surface area contributed by atoms with E-state index in [0.29, 0.717) is 24.5 Å². The average molecular weight is 265 g/mol. The van der Waals surface area contributed by atoms with Crippen LogP contribution in [-0.2, 0) is 9.47 Å². The summed E-state index contributed by atoms with van der Waals surface area (Å²) in [5.74, 6) is 0.115. The van der Waals surface area contributed by atoms with Gasteiger partial charge in [0, 0.05) is 18.9 Å². The lowest BCUT2D eigenvalue weighted by Crippen LogP contribution is -2.46. The van der Waals surface area contributed by atoms with Crippen LogP contribution in [0.5, 0.6) is 0 Å². The fraction of sp³-hybridized carbons (Fsp3) is 0.643. The molecule has 1 saturated heterocycles. The van der Waals surface area contributed by atoms with Crippen molar-refractivity contribution in [2.75, 3.05) is 13.2 Å². The van der Waals surface area contributed by atoms with Crippen LogP contribution < -0.4 is 5.32 Å². The van der Waals surface area contributed by atoms with Gasteiger partial charge in [0.25, 0.3) is 5.91 Å². The van der Waals surface area contributed by atoms with Gasteiger partial charge in [-0.15, -0.1) is 0 Å². The zero-order valence-electron chi connectivity index (χ0n) is 11.1. The Hall–Kier alpha value is -1.33. The molecule has 1 aliphatic heterocycles. The molecule has 1 unspecified atom stereocenters. The van der Waals surface area contributed by atoms with Crippen molar-refractivity contribution in [1.82, 2.24) is 5.32 Å². The van der Waals surface area contributed by atoms with Gasteiger partial charge in [0.2, 0.25) is 0 Å². The number of carbonyl (C=O) groups excluding carboxylic acids is 1. The van der Waals surface area contributed by atoms with E-state index in [1.54, 1.807) is 13.0 Å². The van der Waals surface area contributed by atoms with Gasteiger partial charge in [0.1, 0.15) is 5.76 Å². The van der Waals surface area contributed by atoms with Crippen molar-refractivity contribution in [2.45, 2.75) is 44.4 Å². The SMILES string of the molecule is Cc1occc1C(=O)NC1CCCC2(C1)OCCO2. The summed E-state index contributed by atoms with van der Waals surface area (Å²) in [7, 11) is 0. The predicted octanol–water partition coefficient (Wildman–Crippen LogP) is 2.00. The van der Waals surface area contributed by atoms with Crippen molar-refractivity contribution in [3.05, 3.63) is 23.7 Å². The van der Waals surface area contributed by atoms with E-state index in [2.05, 4.69) is 5.32 Å². The lowest BCUT2D eigenvalue weighted by molar-refractivity contribution is -0.181. The molecule has 5 heteroatoms. The molecule has 1 atom stereocenters. The number of ether oxygens (including phenoxy) is 2. The summed E-state index contributed by atoms with van der Waals surface area (Å²) >= 11 is 0. The third-order valence-electron chi connectivity index (χ3n) is 3.92. The van der Waals surface area contributed by atoms with E-state index in [1.165, 1.54) is 6.26 Å². The molecule has 19 heavy (non-hydrogen) atoms. The molecule has 0 radical (unpaired) electrons. The van der Waals surface area contributed by atoms with Crippen LogP contribution in [0.2, 0.25) is 0 Å². The van der Waals surface area contributed by atoms with Crippen molar-refractivity contribution in [1.29, 1.82) is 0 Å². The van der Waals surface area contributed by atoms with Crippen LogP contribution in [0.4, 0.5) is 0 Å². The first kappa shape index (κ1) is 12.7. The predicted molar refractivity (Wildman–Crippen MR) is 67.8 cm³/mol. The summed E-state index contributed by atoms with van der Waals surface area (Å²) in [6.07, 6.45) is 5.17. The summed E-state index contributed by atoms with van der Waals surface area (Å²) in [5, 5.41) is 3.05. The Kier molecular flexibility index (Phi) is 3.33. The molecule has 1 aromatic rings. The minimum absolute atomic E-state index is 0.0775. The molecule has 2 heterocycles. The third kappa shape index (κ3) is 2.53. The molecule has 1 saturated carbocycles. The average Bonchev–Trinajstić information content (AvgIpc) is 2.99. The maximum atomic E-state index is 12.1. The molecule has 2 aliphatic rings. The fourth-order valence-corrected chi connectivity index (χ4v) is 2.96. The molecule has 0 bridgehead atoms. The largest absolute Gasteiger partial charge is 0.469 e. The van der Waals surface area contributed by atoms with E-state index in [0.717, 1.165) is 25.7 Å². The van der Waals surface area contributed by atoms with Crippen molar-refractivity contribution < 1.29 is 18.7 Å². The first-order chi connectivity index (χ1) is 9.19. The number of nitrogens with one attached hydrogen (secondary N) is 1. The highest BCUT2D eigenvalue weighted by Crippen LogP contribution is 2.35. The summed E-state index contributed by atoms with van der Waals surface area (Å²) < 4.78 is 16.6. The Morgan fingerprint density at radius 1 is 1.42 bits per heavy atom. The van der Waals surface area contributed by atoms with Crippen molar-refractivity contribution in [3.8, 4) is 0 Å². The van der Waals surface area contributed by atoms with E-state index >= 15 is 0 Å². The highest BCUT2D eigenvalue weighted by Gasteiger charge is 2.41. The van der Waals surface area contributed by atoms with Crippen LogP contribution in [0.3, 0.4) is 0 Å². The minimum atomic E-state index is -0.457. The number of aryl methyl sites for hydroxylation is 1. The first-order valence-electron chi connectivity index (χ1n) is 6.81. The number of carbonyl (C=O) groups is 1. The fourth-order valence-electron chi connectivity index (χ4n) is 2.96. The number of rotatable bonds is 2. The molecular formula is C14H19NO4. The van der Waals surface area contributed by atoms with Gasteiger partial charge in [-0.2, -0.15) is 0 Å². The van der Waals surface area contributed by atoms with Crippen LogP contribution in [0.15, 0.2) is 16.7 Å². The number of hydrogen-bond donors (Lipinski definition) is 1. The smallest absolute Gasteiger partial charge is 0.255 e. The van der Waals surface area contributed by atoms with Crippen LogP contribution in [0.25, 0.3) is 0 Å². The highest BCUT2D eigenvalue weighted by molar-refractivity contribution is 5.95. The molecule has 1 spiro atoms. The zero-order chi connectivity index (χ0) is 13.3. The second kappa shape index (κ2) is 4.98. The molecule has 5 nitrogen and oxygen atoms in total. The van der Waals surface area contributed by atoms with Gasteiger partial charge in [0.15, 0.2) is 5.79 Å². The molecular weight excluding hydrogens is 246 g/mol. The Morgan fingerprint density at radius 2 is 2.21 bits per heavy atom. The second-order valence-corrected chi connectivity index (χ2v) is 5.26. The van der Waals surface area contributed by atoms with Gasteiger partial charge in [-0.25, -0.2) is 0 Å². The van der Waals surface area contributed by atoms with Crippen LogP contribution in [0, 0.1) is 6.92 Å². The molecule has 3 rings (SSSR count). The van der Waals surface area contributed by atoms with Gasteiger partial charge in [-0.05, 0) is 25.8 Å². The number of furan rings is 1. The molecule has 1 aromatic heterocycles. The maximum Gasteiger partial charge on any atom is 0.255 e. The van der Waals surface area contributed by atoms with E-state index in [9.17, 15) is 4.79 Å². The Bertz CT molecular complexity index is 462. The molecule has 1 N–H and O–H groups in total. The third-order valence-corrected chi connectivity index (χ3v) is 3.92. The van der Waals surface area contributed by atoms with Crippen molar-refractivity contribution in [3.63, 3.8) is 0 Å². The summed E-state index contributed by atoms with van der Waals surface area (Å²) in [6, 6.07) is 1.81. The van der Waals surface area contributed by atoms with E-state index < -0.39 is 5.79 Å². The van der Waals surface area contributed by atoms with Gasteiger partial charge in [0.05, 0.1) is 25.0 Å². The van der Waals surface area contributed by atoms with Crippen LogP contribution in [-0.4, -0.2) is 30.9 Å². The maximum absolute atomic E-state index is 12.1. The summed E-state index contributed by atoms with van der Waals surface area (Å²) in [4.78, 5) is 12.1. The normalized spacial score (nSPS) is 25.6. The number of hydrogen-bond acceptors (Lipinski definition) is 4. The van der Waals surface area contributed by atoms with E-state index in [4.69, 9.17) is 13.9 Å². The summed E-state index contributed by atoms with van der Waals surface area (Å²) in [5.41, 5.74) is 0.605. The molecule has 2 fully saturated rings. The van der Waals surface area contributed by atoms with Crippen LogP contribution in [0.1, 0.15) is 41.8 Å². The first-order valence-corrected chi connectivity index (χ1v) is 6.81. The van der Waals surface area contributed by atoms with Gasteiger partial charge < -0.3 is 19.2 Å².